The van der Waals surface area contributed by atoms with Gasteiger partial charge in [0.05, 0.1) is 11.6 Å². The van der Waals surface area contributed by atoms with Crippen molar-refractivity contribution in [3.05, 3.63) is 35.9 Å². The Morgan fingerprint density at radius 1 is 1.07 bits per heavy atom. The SMILES string of the molecule is N#Cc1ccc2cc(O)cc(O)c2c1. The summed E-state index contributed by atoms with van der Waals surface area (Å²) < 4.78 is 0. The van der Waals surface area contributed by atoms with Crippen LogP contribution in [0.1, 0.15) is 5.56 Å². The first-order valence-corrected chi connectivity index (χ1v) is 4.06. The van der Waals surface area contributed by atoms with Crippen molar-refractivity contribution in [2.45, 2.75) is 0 Å². The fourth-order valence-electron chi connectivity index (χ4n) is 1.39. The maximum Gasteiger partial charge on any atom is 0.127 e. The van der Waals surface area contributed by atoms with Gasteiger partial charge in [0.2, 0.25) is 0 Å². The monoisotopic (exact) mass is 185 g/mol. The first kappa shape index (κ1) is 8.39. The van der Waals surface area contributed by atoms with Gasteiger partial charge in [-0.3, -0.25) is 0 Å². The van der Waals surface area contributed by atoms with Crippen LogP contribution in [0.5, 0.6) is 11.5 Å². The summed E-state index contributed by atoms with van der Waals surface area (Å²) in [6.07, 6.45) is 0. The molecule has 3 nitrogen and oxygen atoms in total. The molecule has 0 aliphatic rings. The Labute approximate surface area is 80.5 Å². The fourth-order valence-corrected chi connectivity index (χ4v) is 1.39. The minimum atomic E-state index is -0.0166. The molecule has 3 heteroatoms. The van der Waals surface area contributed by atoms with Crippen LogP contribution in [0.25, 0.3) is 10.8 Å². The molecule has 0 aliphatic carbocycles. The van der Waals surface area contributed by atoms with Crippen LogP contribution in [0.15, 0.2) is 30.3 Å². The minimum Gasteiger partial charge on any atom is -0.508 e. The zero-order chi connectivity index (χ0) is 10.1. The van der Waals surface area contributed by atoms with Crippen molar-refractivity contribution in [3.8, 4) is 17.6 Å². The number of aromatic hydroxyl groups is 2. The van der Waals surface area contributed by atoms with Crippen LogP contribution in [0.2, 0.25) is 0 Å². The Morgan fingerprint density at radius 3 is 2.57 bits per heavy atom. The lowest BCUT2D eigenvalue weighted by molar-refractivity contribution is 0.455. The summed E-state index contributed by atoms with van der Waals surface area (Å²) in [7, 11) is 0. The summed E-state index contributed by atoms with van der Waals surface area (Å²) in [5, 5.41) is 28.7. The van der Waals surface area contributed by atoms with E-state index in [2.05, 4.69) is 0 Å². The van der Waals surface area contributed by atoms with Crippen molar-refractivity contribution >= 4 is 10.8 Å². The molecule has 0 heterocycles. The molecule has 0 saturated carbocycles. The zero-order valence-corrected chi connectivity index (χ0v) is 7.23. The topological polar surface area (TPSA) is 64.2 Å². The van der Waals surface area contributed by atoms with Gasteiger partial charge in [0.15, 0.2) is 0 Å². The second-order valence-electron chi connectivity index (χ2n) is 3.01. The number of hydrogen-bond donors (Lipinski definition) is 2. The van der Waals surface area contributed by atoms with Crippen LogP contribution in [-0.4, -0.2) is 10.2 Å². The normalized spacial score (nSPS) is 9.93. The number of fused-ring (bicyclic) bond motifs is 1. The van der Waals surface area contributed by atoms with E-state index in [4.69, 9.17) is 5.26 Å². The molecular formula is C11H7NO2. The van der Waals surface area contributed by atoms with Crippen LogP contribution in [-0.2, 0) is 0 Å². The van der Waals surface area contributed by atoms with Gasteiger partial charge in [0.1, 0.15) is 11.5 Å². The Bertz CT molecular complexity index is 541. The Hall–Kier alpha value is -2.21. The highest BCUT2D eigenvalue weighted by Crippen LogP contribution is 2.30. The van der Waals surface area contributed by atoms with E-state index in [1.165, 1.54) is 12.1 Å². The van der Waals surface area contributed by atoms with Crippen LogP contribution in [0, 0.1) is 11.3 Å². The second-order valence-corrected chi connectivity index (χ2v) is 3.01. The third-order valence-electron chi connectivity index (χ3n) is 2.05. The van der Waals surface area contributed by atoms with Crippen LogP contribution in [0.4, 0.5) is 0 Å². The molecule has 0 saturated heterocycles. The molecule has 0 spiro atoms. The third kappa shape index (κ3) is 1.23. The van der Waals surface area contributed by atoms with Crippen molar-refractivity contribution in [3.63, 3.8) is 0 Å². The molecule has 0 unspecified atom stereocenters. The lowest BCUT2D eigenvalue weighted by atomic mass is 10.1. The van der Waals surface area contributed by atoms with Gasteiger partial charge in [0, 0.05) is 11.5 Å². The number of nitrogens with zero attached hydrogens (tertiary/aromatic N) is 1. The summed E-state index contributed by atoms with van der Waals surface area (Å²) in [5.74, 6) is -0.00296. The molecule has 14 heavy (non-hydrogen) atoms. The molecule has 0 fully saturated rings. The molecule has 2 N–H and O–H groups in total. The van der Waals surface area contributed by atoms with Crippen molar-refractivity contribution < 1.29 is 10.2 Å². The van der Waals surface area contributed by atoms with Crippen LogP contribution >= 0.6 is 0 Å². The van der Waals surface area contributed by atoms with Crippen molar-refractivity contribution in [2.24, 2.45) is 0 Å². The zero-order valence-electron chi connectivity index (χ0n) is 7.23. The van der Waals surface area contributed by atoms with E-state index in [9.17, 15) is 10.2 Å². The molecule has 0 aliphatic heterocycles. The maximum absolute atomic E-state index is 9.50. The van der Waals surface area contributed by atoms with Crippen molar-refractivity contribution in [1.29, 1.82) is 5.26 Å². The van der Waals surface area contributed by atoms with E-state index in [1.54, 1.807) is 18.2 Å². The van der Waals surface area contributed by atoms with E-state index in [0.717, 1.165) is 0 Å². The quantitative estimate of drug-likeness (QED) is 0.660. The summed E-state index contributed by atoms with van der Waals surface area (Å²) in [6.45, 7) is 0. The Balaban J connectivity index is 2.84. The van der Waals surface area contributed by atoms with E-state index in [1.807, 2.05) is 6.07 Å². The summed E-state index contributed by atoms with van der Waals surface area (Å²) >= 11 is 0. The van der Waals surface area contributed by atoms with Crippen LogP contribution in [0.3, 0.4) is 0 Å². The van der Waals surface area contributed by atoms with E-state index in [-0.39, 0.29) is 11.5 Å². The molecule has 2 aromatic carbocycles. The third-order valence-corrected chi connectivity index (χ3v) is 2.05. The highest BCUT2D eigenvalue weighted by molar-refractivity contribution is 5.90. The van der Waals surface area contributed by atoms with Crippen LogP contribution < -0.4 is 0 Å². The number of phenolic OH excluding ortho intramolecular Hbond substituents is 2. The molecule has 0 amide bonds. The summed E-state index contributed by atoms with van der Waals surface area (Å²) in [4.78, 5) is 0. The molecule has 2 rings (SSSR count). The number of benzene rings is 2. The molecular weight excluding hydrogens is 178 g/mol. The number of hydrogen-bond acceptors (Lipinski definition) is 3. The minimum absolute atomic E-state index is 0.0136. The molecule has 68 valence electrons. The van der Waals surface area contributed by atoms with Gasteiger partial charge in [-0.2, -0.15) is 5.26 Å². The predicted octanol–water partition coefficient (Wildman–Crippen LogP) is 2.12. The largest absolute Gasteiger partial charge is 0.508 e. The highest BCUT2D eigenvalue weighted by Gasteiger charge is 2.03. The average Bonchev–Trinajstić information content (AvgIpc) is 2.17. The van der Waals surface area contributed by atoms with Gasteiger partial charge >= 0.3 is 0 Å². The predicted molar refractivity (Wildman–Crippen MR) is 52.0 cm³/mol. The first-order valence-electron chi connectivity index (χ1n) is 4.06. The standard InChI is InChI=1S/C11H7NO2/c12-6-7-1-2-8-4-9(13)5-11(14)10(8)3-7/h1-5,13-14H. The fraction of sp³-hybridized carbons (Fsp3) is 0. The van der Waals surface area contributed by atoms with Gasteiger partial charge in [0.25, 0.3) is 0 Å². The number of phenols is 2. The van der Waals surface area contributed by atoms with Gasteiger partial charge in [-0.05, 0) is 23.6 Å². The molecule has 0 bridgehead atoms. The summed E-state index contributed by atoms with van der Waals surface area (Å²) in [5.41, 5.74) is 0.485. The Kier molecular flexibility index (Phi) is 1.76. The van der Waals surface area contributed by atoms with Gasteiger partial charge in [-0.25, -0.2) is 0 Å². The van der Waals surface area contributed by atoms with E-state index >= 15 is 0 Å². The smallest absolute Gasteiger partial charge is 0.127 e. The van der Waals surface area contributed by atoms with Gasteiger partial charge in [-0.1, -0.05) is 6.07 Å². The Morgan fingerprint density at radius 2 is 1.86 bits per heavy atom. The molecule has 0 radical (unpaired) electrons. The second kappa shape index (κ2) is 2.93. The summed E-state index contributed by atoms with van der Waals surface area (Å²) in [6, 6.07) is 9.69. The molecule has 0 atom stereocenters. The highest BCUT2D eigenvalue weighted by atomic mass is 16.3. The number of nitriles is 1. The number of rotatable bonds is 0. The average molecular weight is 185 g/mol. The molecule has 0 aromatic heterocycles. The van der Waals surface area contributed by atoms with Gasteiger partial charge < -0.3 is 10.2 Å². The molecule has 2 aromatic rings. The van der Waals surface area contributed by atoms with Crippen molar-refractivity contribution in [2.75, 3.05) is 0 Å². The first-order chi connectivity index (χ1) is 6.70. The lowest BCUT2D eigenvalue weighted by Gasteiger charge is -2.02. The van der Waals surface area contributed by atoms with E-state index in [0.29, 0.717) is 16.3 Å². The lowest BCUT2D eigenvalue weighted by Crippen LogP contribution is -1.78. The van der Waals surface area contributed by atoms with Gasteiger partial charge in [-0.15, -0.1) is 0 Å². The van der Waals surface area contributed by atoms with E-state index < -0.39 is 0 Å². The van der Waals surface area contributed by atoms with Crippen molar-refractivity contribution in [1.82, 2.24) is 0 Å². The maximum atomic E-state index is 9.50.